The summed E-state index contributed by atoms with van der Waals surface area (Å²) in [5, 5.41) is 12.9. The van der Waals surface area contributed by atoms with Gasteiger partial charge in [-0.15, -0.1) is 0 Å². The maximum Gasteiger partial charge on any atom is 0.322 e. The minimum atomic E-state index is -0.441. The lowest BCUT2D eigenvalue weighted by atomic mass is 9.97. The molecule has 0 aliphatic heterocycles. The molecular weight excluding hydrogens is 234 g/mol. The van der Waals surface area contributed by atoms with Crippen LogP contribution >= 0.6 is 0 Å². The van der Waals surface area contributed by atoms with E-state index in [-0.39, 0.29) is 17.9 Å². The molecule has 7 heteroatoms. The topological polar surface area (TPSA) is 106 Å². The number of hydrogen-bond donors (Lipinski definition) is 3. The molecule has 1 aromatic rings. The predicted molar refractivity (Wildman–Crippen MR) is 69.4 cm³/mol. The van der Waals surface area contributed by atoms with Crippen LogP contribution in [-0.2, 0) is 0 Å². The number of aliphatic hydroxyl groups is 1. The number of aliphatic hydroxyl groups excluding tert-OH is 1. The Morgan fingerprint density at radius 1 is 1.28 bits per heavy atom. The molecule has 0 fully saturated rings. The van der Waals surface area contributed by atoms with Crippen LogP contribution in [0.5, 0.6) is 6.01 Å². The summed E-state index contributed by atoms with van der Waals surface area (Å²) in [4.78, 5) is 11.7. The molecule has 0 saturated carbocycles. The van der Waals surface area contributed by atoms with Gasteiger partial charge in [0, 0.05) is 6.54 Å². The molecule has 0 bridgehead atoms. The fraction of sp³-hybridized carbons (Fsp3) is 0.727. The standard InChI is InChI=1S/C11H21N5O2/c1-4-7(5-2)8(17)6-13-10-14-9(12)15-11(16-10)18-3/h7-8,17H,4-6H2,1-3H3,(H3,12,13,14,15,16). The summed E-state index contributed by atoms with van der Waals surface area (Å²) in [6.07, 6.45) is 1.42. The molecule has 7 nitrogen and oxygen atoms in total. The minimum absolute atomic E-state index is 0.0846. The van der Waals surface area contributed by atoms with Gasteiger partial charge in [-0.3, -0.25) is 0 Å². The molecule has 0 saturated heterocycles. The molecular formula is C11H21N5O2. The Morgan fingerprint density at radius 3 is 2.50 bits per heavy atom. The Bertz CT molecular complexity index is 370. The van der Waals surface area contributed by atoms with Crippen LogP contribution in [0.3, 0.4) is 0 Å². The van der Waals surface area contributed by atoms with Crippen molar-refractivity contribution in [2.75, 3.05) is 24.7 Å². The van der Waals surface area contributed by atoms with Gasteiger partial charge in [-0.05, 0) is 5.92 Å². The highest BCUT2D eigenvalue weighted by Crippen LogP contribution is 2.14. The Kier molecular flexibility index (Phi) is 5.57. The zero-order chi connectivity index (χ0) is 13.5. The lowest BCUT2D eigenvalue weighted by molar-refractivity contribution is 0.114. The van der Waals surface area contributed by atoms with E-state index in [1.165, 1.54) is 7.11 Å². The summed E-state index contributed by atoms with van der Waals surface area (Å²) >= 11 is 0. The van der Waals surface area contributed by atoms with Gasteiger partial charge in [-0.2, -0.15) is 15.0 Å². The number of nitrogen functional groups attached to an aromatic ring is 1. The molecule has 1 heterocycles. The Balaban J connectivity index is 2.60. The van der Waals surface area contributed by atoms with E-state index in [0.29, 0.717) is 12.5 Å². The molecule has 0 amide bonds. The van der Waals surface area contributed by atoms with E-state index in [4.69, 9.17) is 10.5 Å². The molecule has 1 rings (SSSR count). The van der Waals surface area contributed by atoms with Gasteiger partial charge in [-0.25, -0.2) is 0 Å². The number of nitrogens with two attached hydrogens (primary N) is 1. The highest BCUT2D eigenvalue weighted by Gasteiger charge is 2.15. The largest absolute Gasteiger partial charge is 0.467 e. The molecule has 1 atom stereocenters. The quantitative estimate of drug-likeness (QED) is 0.657. The SMILES string of the molecule is CCC(CC)C(O)CNc1nc(N)nc(OC)n1. The van der Waals surface area contributed by atoms with Gasteiger partial charge in [0.25, 0.3) is 0 Å². The highest BCUT2D eigenvalue weighted by molar-refractivity contribution is 5.32. The molecule has 0 aromatic carbocycles. The summed E-state index contributed by atoms with van der Waals surface area (Å²) in [6, 6.07) is 0.155. The molecule has 0 radical (unpaired) electrons. The van der Waals surface area contributed by atoms with Crippen LogP contribution in [0, 0.1) is 5.92 Å². The normalized spacial score (nSPS) is 12.5. The number of ether oxygens (including phenoxy) is 1. The number of anilines is 2. The van der Waals surface area contributed by atoms with E-state index < -0.39 is 6.10 Å². The lowest BCUT2D eigenvalue weighted by Crippen LogP contribution is -2.28. The summed E-state index contributed by atoms with van der Waals surface area (Å²) in [7, 11) is 1.46. The van der Waals surface area contributed by atoms with Crippen LogP contribution in [0.2, 0.25) is 0 Å². The molecule has 0 aliphatic carbocycles. The molecule has 102 valence electrons. The third-order valence-electron chi connectivity index (χ3n) is 2.88. The second-order valence-corrected chi connectivity index (χ2v) is 4.03. The number of hydrogen-bond acceptors (Lipinski definition) is 7. The van der Waals surface area contributed by atoms with Gasteiger partial charge in [0.05, 0.1) is 13.2 Å². The number of aromatic nitrogens is 3. The monoisotopic (exact) mass is 255 g/mol. The summed E-state index contributed by atoms with van der Waals surface area (Å²) < 4.78 is 4.89. The second kappa shape index (κ2) is 6.95. The van der Waals surface area contributed by atoms with Crippen molar-refractivity contribution < 1.29 is 9.84 Å². The van der Waals surface area contributed by atoms with Gasteiger partial charge in [0.15, 0.2) is 0 Å². The first-order valence-electron chi connectivity index (χ1n) is 6.08. The smallest absolute Gasteiger partial charge is 0.322 e. The average Bonchev–Trinajstić information content (AvgIpc) is 2.37. The van der Waals surface area contributed by atoms with Crippen molar-refractivity contribution in [3.05, 3.63) is 0 Å². The fourth-order valence-corrected chi connectivity index (χ4v) is 1.74. The van der Waals surface area contributed by atoms with Crippen LogP contribution in [0.1, 0.15) is 26.7 Å². The van der Waals surface area contributed by atoms with E-state index in [9.17, 15) is 5.11 Å². The predicted octanol–water partition coefficient (Wildman–Crippen LogP) is 0.671. The molecule has 0 aliphatic rings. The number of rotatable bonds is 7. The second-order valence-electron chi connectivity index (χ2n) is 4.03. The van der Waals surface area contributed by atoms with Crippen molar-refractivity contribution in [2.45, 2.75) is 32.8 Å². The van der Waals surface area contributed by atoms with Crippen molar-refractivity contribution in [1.29, 1.82) is 0 Å². The van der Waals surface area contributed by atoms with Crippen LogP contribution in [0.4, 0.5) is 11.9 Å². The van der Waals surface area contributed by atoms with Gasteiger partial charge < -0.3 is 20.9 Å². The maximum atomic E-state index is 9.97. The maximum absolute atomic E-state index is 9.97. The Labute approximate surface area is 107 Å². The first-order valence-corrected chi connectivity index (χ1v) is 6.08. The Hall–Kier alpha value is -1.63. The number of nitrogens with one attached hydrogen (secondary N) is 1. The molecule has 4 N–H and O–H groups in total. The zero-order valence-electron chi connectivity index (χ0n) is 11.1. The summed E-state index contributed by atoms with van der Waals surface area (Å²) in [5.74, 6) is 0.657. The van der Waals surface area contributed by atoms with Crippen molar-refractivity contribution in [1.82, 2.24) is 15.0 Å². The van der Waals surface area contributed by atoms with Crippen molar-refractivity contribution in [2.24, 2.45) is 5.92 Å². The third kappa shape index (κ3) is 3.99. The molecule has 1 aromatic heterocycles. The zero-order valence-corrected chi connectivity index (χ0v) is 11.1. The van der Waals surface area contributed by atoms with Crippen LogP contribution in [-0.4, -0.2) is 39.8 Å². The van der Waals surface area contributed by atoms with Gasteiger partial charge in [0.1, 0.15) is 0 Å². The fourth-order valence-electron chi connectivity index (χ4n) is 1.74. The third-order valence-corrected chi connectivity index (χ3v) is 2.88. The van der Waals surface area contributed by atoms with E-state index in [0.717, 1.165) is 12.8 Å². The first-order chi connectivity index (χ1) is 8.60. The highest BCUT2D eigenvalue weighted by atomic mass is 16.5. The summed E-state index contributed by atoms with van der Waals surface area (Å²) in [5.41, 5.74) is 5.51. The van der Waals surface area contributed by atoms with Gasteiger partial charge in [0.2, 0.25) is 11.9 Å². The van der Waals surface area contributed by atoms with E-state index in [1.54, 1.807) is 0 Å². The number of nitrogens with zero attached hydrogens (tertiary/aromatic N) is 3. The lowest BCUT2D eigenvalue weighted by Gasteiger charge is -2.20. The summed E-state index contributed by atoms with van der Waals surface area (Å²) in [6.45, 7) is 4.49. The Morgan fingerprint density at radius 2 is 1.94 bits per heavy atom. The first kappa shape index (κ1) is 14.4. The molecule has 0 spiro atoms. The van der Waals surface area contributed by atoms with Crippen LogP contribution in [0.15, 0.2) is 0 Å². The minimum Gasteiger partial charge on any atom is -0.467 e. The van der Waals surface area contributed by atoms with Gasteiger partial charge >= 0.3 is 6.01 Å². The van der Waals surface area contributed by atoms with E-state index in [1.807, 2.05) is 0 Å². The molecule has 18 heavy (non-hydrogen) atoms. The number of methoxy groups -OCH3 is 1. The van der Waals surface area contributed by atoms with Crippen LogP contribution in [0.25, 0.3) is 0 Å². The van der Waals surface area contributed by atoms with Crippen molar-refractivity contribution in [3.63, 3.8) is 0 Å². The van der Waals surface area contributed by atoms with Crippen LogP contribution < -0.4 is 15.8 Å². The van der Waals surface area contributed by atoms with E-state index >= 15 is 0 Å². The van der Waals surface area contributed by atoms with Crippen molar-refractivity contribution >= 4 is 11.9 Å². The molecule has 1 unspecified atom stereocenters. The van der Waals surface area contributed by atoms with Crippen molar-refractivity contribution in [3.8, 4) is 6.01 Å². The average molecular weight is 255 g/mol. The van der Waals surface area contributed by atoms with E-state index in [2.05, 4.69) is 34.1 Å². The van der Waals surface area contributed by atoms with Gasteiger partial charge in [-0.1, -0.05) is 26.7 Å².